The number of phenolic OH excluding ortho intramolecular Hbond substituents is 3. The van der Waals surface area contributed by atoms with Gasteiger partial charge in [0.05, 0.1) is 37.5 Å². The summed E-state index contributed by atoms with van der Waals surface area (Å²) < 4.78 is 94.7. The van der Waals surface area contributed by atoms with Gasteiger partial charge in [-0.05, 0) is 102 Å². The molecule has 0 heterocycles. The third-order valence-corrected chi connectivity index (χ3v) is 11.3. The second-order valence-corrected chi connectivity index (χ2v) is 17.1. The van der Waals surface area contributed by atoms with Crippen molar-refractivity contribution in [2.45, 2.75) is 21.6 Å². The number of aryl methyl sites for hydroxylation is 1. The Kier molecular flexibility index (Phi) is 13.9. The molecule has 0 aromatic heterocycles. The first-order chi connectivity index (χ1) is 28.6. The van der Waals surface area contributed by atoms with E-state index in [1.807, 2.05) is 0 Å². The molecule has 0 fully saturated rings. The van der Waals surface area contributed by atoms with Crippen LogP contribution in [0.1, 0.15) is 16.7 Å². The molecule has 0 bridgehead atoms. The van der Waals surface area contributed by atoms with Gasteiger partial charge in [0.2, 0.25) is 0 Å². The second-order valence-electron chi connectivity index (χ2n) is 12.8. The van der Waals surface area contributed by atoms with Gasteiger partial charge in [0.1, 0.15) is 49.5 Å². The van der Waals surface area contributed by atoms with E-state index in [1.54, 1.807) is 6.92 Å². The minimum Gasteiger partial charge on any atom is -0.508 e. The molecule has 0 unspecified atom stereocenters. The molecule has 25 heteroatoms. The van der Waals surface area contributed by atoms with Crippen LogP contribution in [0.5, 0.6) is 17.2 Å². The summed E-state index contributed by atoms with van der Waals surface area (Å²) in [5.74, 6) is -1.06. The molecule has 10 N–H and O–H groups in total. The van der Waals surface area contributed by atoms with E-state index in [-0.39, 0.29) is 61.8 Å². The largest absolute Gasteiger partial charge is 0.508 e. The van der Waals surface area contributed by atoms with Crippen LogP contribution >= 0.6 is 21.7 Å². The van der Waals surface area contributed by atoms with Gasteiger partial charge in [-0.15, -0.1) is 10.2 Å². The maximum absolute atomic E-state index is 11.9. The molecule has 6 aromatic carbocycles. The van der Waals surface area contributed by atoms with Crippen molar-refractivity contribution in [2.24, 2.45) is 30.7 Å². The molecule has 0 aliphatic heterocycles. The van der Waals surface area contributed by atoms with Gasteiger partial charge >= 0.3 is 0 Å². The molecule has 0 spiro atoms. The summed E-state index contributed by atoms with van der Waals surface area (Å²) in [7, 11) is -13.9. The van der Waals surface area contributed by atoms with E-state index in [0.717, 1.165) is 42.5 Å². The summed E-state index contributed by atoms with van der Waals surface area (Å²) in [5.41, 5.74) is -0.453. The number of nitro benzene ring substituents is 1. The first-order valence-corrected chi connectivity index (χ1v) is 21.3. The van der Waals surface area contributed by atoms with E-state index in [1.165, 1.54) is 60.7 Å². The number of phenols is 3. The van der Waals surface area contributed by atoms with Gasteiger partial charge in [-0.1, -0.05) is 18.2 Å². The maximum Gasteiger partial charge on any atom is 0.295 e. The van der Waals surface area contributed by atoms with Crippen LogP contribution in [0, 0.1) is 17.0 Å². The Balaban J connectivity index is 0.00000726. The number of hydrogen-bond donors (Lipinski definition) is 10. The fraction of sp³-hybridized carbons (Fsp3) is 0.0270. The zero-order chi connectivity index (χ0) is 44.4. The van der Waals surface area contributed by atoms with Crippen LogP contribution in [0.25, 0.3) is 22.9 Å². The molecule has 6 rings (SSSR count). The molecule has 21 nitrogen and oxygen atoms in total. The molecule has 0 saturated carbocycles. The molecule has 62 heavy (non-hydrogen) atoms. The number of hydrogen-bond acceptors (Lipinski definition) is 19. The number of non-ortho nitro benzene ring substituents is 1. The van der Waals surface area contributed by atoms with Gasteiger partial charge in [0.15, 0.2) is 5.75 Å². The number of aromatic hydroxyl groups is 3. The molecular weight excluding hydrogens is 926 g/mol. The first-order valence-electron chi connectivity index (χ1n) is 16.9. The van der Waals surface area contributed by atoms with Crippen molar-refractivity contribution >= 4 is 94.6 Å². The van der Waals surface area contributed by atoms with Crippen LogP contribution in [-0.2, 0) is 27.2 Å². The molecule has 6 aromatic rings. The standard InChI is InChI=1S/C37H31N7O14S3.Cu/c1-20-14-31(42-43-36-35(61(56,57)58)16-23-15-25(9-13-29(23)37(36)47)39-38-24-7-11-28(45)12-8-24)32(46)19-30(20)41-40-26-6-4-21(33(17-26)59(50,51)52)2-3-22-5-10-27(44(48)49)18-34(22)60(53,54)55;/h2-19,45-47,50-52,56-58H,1H3,(H,53,54,55);. The van der Waals surface area contributed by atoms with Crippen molar-refractivity contribution in [3.05, 3.63) is 124 Å². The minimum absolute atomic E-state index is 0. The molecule has 1 radical (unpaired) electrons. The smallest absolute Gasteiger partial charge is 0.295 e. The van der Waals surface area contributed by atoms with Crippen molar-refractivity contribution in [1.29, 1.82) is 0 Å². The van der Waals surface area contributed by atoms with E-state index in [0.29, 0.717) is 23.0 Å². The monoisotopic (exact) mass is 956 g/mol. The predicted molar refractivity (Wildman–Crippen MR) is 225 cm³/mol. The molecule has 0 amide bonds. The zero-order valence-electron chi connectivity index (χ0n) is 31.2. The average Bonchev–Trinajstić information content (AvgIpc) is 3.18. The van der Waals surface area contributed by atoms with Gasteiger partial charge in [0, 0.05) is 40.7 Å². The maximum atomic E-state index is 11.9. The minimum atomic E-state index is -4.93. The number of rotatable bonds is 12. The third-order valence-electron chi connectivity index (χ3n) is 8.50. The molecular formula is C37H31CuN7O14S3. The van der Waals surface area contributed by atoms with E-state index >= 15 is 0 Å². The fourth-order valence-corrected chi connectivity index (χ4v) is 7.67. The van der Waals surface area contributed by atoms with Crippen molar-refractivity contribution < 1.29 is 77.6 Å². The number of azo groups is 3. The molecule has 0 saturated heterocycles. The Bertz CT molecular complexity index is 2960. The summed E-state index contributed by atoms with van der Waals surface area (Å²) >= 11 is 0. The van der Waals surface area contributed by atoms with Crippen molar-refractivity contribution in [2.75, 3.05) is 0 Å². The van der Waals surface area contributed by atoms with Gasteiger partial charge in [-0.2, -0.15) is 28.9 Å². The van der Waals surface area contributed by atoms with Gasteiger partial charge < -0.3 is 42.6 Å². The van der Waals surface area contributed by atoms with Gasteiger partial charge in [-0.25, -0.2) is 0 Å². The first kappa shape index (κ1) is 46.9. The Morgan fingerprint density at radius 1 is 0.581 bits per heavy atom. The molecule has 0 aliphatic rings. The molecule has 327 valence electrons. The second kappa shape index (κ2) is 18.4. The van der Waals surface area contributed by atoms with Crippen molar-refractivity contribution in [3.63, 3.8) is 0 Å². The number of nitro groups is 1. The van der Waals surface area contributed by atoms with Gasteiger partial charge in [-0.3, -0.25) is 14.7 Å². The van der Waals surface area contributed by atoms with Crippen molar-refractivity contribution in [1.82, 2.24) is 0 Å². The normalized spacial score (nSPS) is 13.1. The summed E-state index contributed by atoms with van der Waals surface area (Å²) in [6.07, 6.45) is 2.26. The van der Waals surface area contributed by atoms with Crippen LogP contribution in [-0.4, -0.2) is 60.5 Å². The quantitative estimate of drug-likeness (QED) is 0.0136. The predicted octanol–water partition coefficient (Wildman–Crippen LogP) is 12.0. The summed E-state index contributed by atoms with van der Waals surface area (Å²) in [4.78, 5) is 8.39. The average molecular weight is 957 g/mol. The Hall–Kier alpha value is -6.19. The van der Waals surface area contributed by atoms with Crippen LogP contribution < -0.4 is 0 Å². The van der Waals surface area contributed by atoms with E-state index in [2.05, 4.69) is 30.7 Å². The Morgan fingerprint density at radius 2 is 1.13 bits per heavy atom. The number of fused-ring (bicyclic) bond motifs is 1. The van der Waals surface area contributed by atoms with Crippen LogP contribution in [0.15, 0.2) is 142 Å². The van der Waals surface area contributed by atoms with E-state index in [9.17, 15) is 65.7 Å². The van der Waals surface area contributed by atoms with Crippen LogP contribution in [0.4, 0.5) is 39.8 Å². The SMILES string of the molecule is Cc1cc(N=Nc2c(S(O)(O)O)cc3cc(N=Nc4ccc(O)cc4)ccc3c2O)c(O)cc1N=Nc1ccc(C=Cc2ccc([N+](=O)[O-])cc2S(=O)(=O)O)c(S(O)(O)O)c1.[Cu]. The molecule has 0 aliphatic carbocycles. The van der Waals surface area contributed by atoms with Crippen LogP contribution in [0.2, 0.25) is 0 Å². The summed E-state index contributed by atoms with van der Waals surface area (Å²) in [5, 5.41) is 67.0. The molecule has 0 atom stereocenters. The van der Waals surface area contributed by atoms with Crippen LogP contribution in [0.3, 0.4) is 0 Å². The van der Waals surface area contributed by atoms with E-state index < -0.39 is 74.3 Å². The Morgan fingerprint density at radius 3 is 1.76 bits per heavy atom. The number of benzene rings is 6. The zero-order valence-corrected chi connectivity index (χ0v) is 34.5. The fourth-order valence-electron chi connectivity index (χ4n) is 5.55. The summed E-state index contributed by atoms with van der Waals surface area (Å²) in [6, 6.07) is 20.2. The third kappa shape index (κ3) is 11.0. The van der Waals surface area contributed by atoms with Crippen molar-refractivity contribution in [3.8, 4) is 17.2 Å². The summed E-state index contributed by atoms with van der Waals surface area (Å²) in [6.45, 7) is 1.55. The Labute approximate surface area is 363 Å². The topological polar surface area (TPSA) is 354 Å². The van der Waals surface area contributed by atoms with E-state index in [4.69, 9.17) is 0 Å². The van der Waals surface area contributed by atoms with Gasteiger partial charge in [0.25, 0.3) is 15.8 Å². The number of nitrogens with zero attached hydrogens (tertiary/aromatic N) is 7.